The van der Waals surface area contributed by atoms with Gasteiger partial charge in [0.05, 0.1) is 11.7 Å². The molecule has 6 rings (SSSR count). The molecule has 0 saturated carbocycles. The Morgan fingerprint density at radius 3 is 2.72 bits per heavy atom. The van der Waals surface area contributed by atoms with Crippen LogP contribution < -0.4 is 9.47 Å². The number of phenols is 1. The normalized spacial score (nSPS) is 18.1. The van der Waals surface area contributed by atoms with E-state index in [1.807, 2.05) is 30.5 Å². The summed E-state index contributed by atoms with van der Waals surface area (Å²) in [5, 5.41) is 18.4. The number of ether oxygens (including phenoxy) is 2. The molecule has 184 valence electrons. The standard InChI is InChI=1S/C30H31N3O3/c1-3-20-17-33(18-20)12-13-35-25-8-4-21(5-9-25)30-29(22-6-10-27-23(14-22)16-31-32-27)19(2)26-15-24(34)7-11-28(26)36-30/h4-11,14-16,20,30,34H,3,12-13,17-18H2,1-2H3,(H,31,32). The maximum absolute atomic E-state index is 10.1. The zero-order valence-electron chi connectivity index (χ0n) is 20.7. The SMILES string of the molecule is CCC1CN(CCOc2ccc(C3Oc4ccc(O)cc4C(C)=C3c3ccc4[nH]ncc4c3)cc2)C1. The molecule has 36 heavy (non-hydrogen) atoms. The molecule has 0 amide bonds. The lowest BCUT2D eigenvalue weighted by Gasteiger charge is -2.38. The third kappa shape index (κ3) is 4.22. The van der Waals surface area contributed by atoms with Gasteiger partial charge in [-0.05, 0) is 72.0 Å². The van der Waals surface area contributed by atoms with Crippen LogP contribution in [0.1, 0.15) is 43.1 Å². The van der Waals surface area contributed by atoms with E-state index in [-0.39, 0.29) is 11.9 Å². The van der Waals surface area contributed by atoms with Gasteiger partial charge in [-0.1, -0.05) is 31.5 Å². The average Bonchev–Trinajstić information content (AvgIpc) is 3.34. The molecule has 0 radical (unpaired) electrons. The van der Waals surface area contributed by atoms with Crippen LogP contribution in [0.15, 0.2) is 66.9 Å². The Bertz CT molecular complexity index is 1420. The molecule has 1 fully saturated rings. The Hall–Kier alpha value is -3.77. The first-order chi connectivity index (χ1) is 17.6. The number of phenolic OH excluding ortho intramolecular Hbond substituents is 1. The highest BCUT2D eigenvalue weighted by Crippen LogP contribution is 2.47. The minimum atomic E-state index is -0.285. The first-order valence-corrected chi connectivity index (χ1v) is 12.7. The van der Waals surface area contributed by atoms with Crippen LogP contribution in [0.5, 0.6) is 17.2 Å². The number of nitrogens with zero attached hydrogens (tertiary/aromatic N) is 2. The summed E-state index contributed by atoms with van der Waals surface area (Å²) in [6, 6.07) is 19.8. The third-order valence-corrected chi connectivity index (χ3v) is 7.50. The lowest BCUT2D eigenvalue weighted by Crippen LogP contribution is -2.47. The summed E-state index contributed by atoms with van der Waals surface area (Å²) in [6.07, 6.45) is 2.81. The minimum absolute atomic E-state index is 0.227. The molecule has 1 saturated heterocycles. The van der Waals surface area contributed by atoms with Gasteiger partial charge < -0.3 is 14.6 Å². The number of hydrogen-bond acceptors (Lipinski definition) is 5. The van der Waals surface area contributed by atoms with Crippen molar-refractivity contribution in [1.82, 2.24) is 15.1 Å². The molecular weight excluding hydrogens is 450 g/mol. The second-order valence-electron chi connectivity index (χ2n) is 9.84. The maximum Gasteiger partial charge on any atom is 0.150 e. The Balaban J connectivity index is 1.28. The van der Waals surface area contributed by atoms with Crippen LogP contribution in [0.3, 0.4) is 0 Å². The number of fused-ring (bicyclic) bond motifs is 2. The zero-order chi connectivity index (χ0) is 24.6. The fourth-order valence-corrected chi connectivity index (χ4v) is 5.30. The molecule has 0 spiro atoms. The van der Waals surface area contributed by atoms with Gasteiger partial charge >= 0.3 is 0 Å². The third-order valence-electron chi connectivity index (χ3n) is 7.50. The van der Waals surface area contributed by atoms with Crippen molar-refractivity contribution in [3.05, 3.63) is 83.6 Å². The molecule has 6 nitrogen and oxygen atoms in total. The van der Waals surface area contributed by atoms with Crippen molar-refractivity contribution < 1.29 is 14.6 Å². The van der Waals surface area contributed by atoms with Gasteiger partial charge in [0.2, 0.25) is 0 Å². The Kier molecular flexibility index (Phi) is 5.89. The smallest absolute Gasteiger partial charge is 0.150 e. The zero-order valence-corrected chi connectivity index (χ0v) is 20.7. The van der Waals surface area contributed by atoms with Gasteiger partial charge in [0, 0.05) is 36.2 Å². The number of nitrogens with one attached hydrogen (secondary N) is 1. The number of likely N-dealkylation sites (tertiary alicyclic amines) is 1. The number of aromatic nitrogens is 2. The highest BCUT2D eigenvalue weighted by Gasteiger charge is 2.30. The summed E-state index contributed by atoms with van der Waals surface area (Å²) in [4.78, 5) is 2.45. The van der Waals surface area contributed by atoms with Crippen LogP contribution in [0.4, 0.5) is 0 Å². The van der Waals surface area contributed by atoms with Gasteiger partial charge in [-0.15, -0.1) is 0 Å². The lowest BCUT2D eigenvalue weighted by atomic mass is 9.86. The first kappa shape index (κ1) is 22.7. The molecule has 2 N–H and O–H groups in total. The Labute approximate surface area is 211 Å². The summed E-state index contributed by atoms with van der Waals surface area (Å²) in [5.41, 5.74) is 6.18. The van der Waals surface area contributed by atoms with Crippen LogP contribution in [0.2, 0.25) is 0 Å². The minimum Gasteiger partial charge on any atom is -0.508 e. The molecule has 0 aliphatic carbocycles. The fraction of sp³-hybridized carbons (Fsp3) is 0.300. The summed E-state index contributed by atoms with van der Waals surface area (Å²) < 4.78 is 12.6. The van der Waals surface area contributed by atoms with Crippen LogP contribution in [0, 0.1) is 5.92 Å². The van der Waals surface area contributed by atoms with Crippen molar-refractivity contribution in [1.29, 1.82) is 0 Å². The summed E-state index contributed by atoms with van der Waals surface area (Å²) >= 11 is 0. The second-order valence-corrected chi connectivity index (χ2v) is 9.84. The van der Waals surface area contributed by atoms with E-state index in [2.05, 4.69) is 53.2 Å². The average molecular weight is 482 g/mol. The Morgan fingerprint density at radius 2 is 1.92 bits per heavy atom. The van der Waals surface area contributed by atoms with Crippen LogP contribution >= 0.6 is 0 Å². The maximum atomic E-state index is 10.1. The quantitative estimate of drug-likeness (QED) is 0.336. The molecule has 6 heteroatoms. The van der Waals surface area contributed by atoms with E-state index < -0.39 is 0 Å². The van der Waals surface area contributed by atoms with Crippen molar-refractivity contribution in [2.24, 2.45) is 5.92 Å². The molecule has 3 heterocycles. The van der Waals surface area contributed by atoms with Gasteiger partial charge in [-0.2, -0.15) is 5.10 Å². The molecule has 3 aromatic carbocycles. The van der Waals surface area contributed by atoms with Gasteiger partial charge in [-0.25, -0.2) is 0 Å². The number of H-pyrrole nitrogens is 1. The largest absolute Gasteiger partial charge is 0.508 e. The number of aromatic hydroxyl groups is 1. The van der Waals surface area contributed by atoms with Crippen LogP contribution in [-0.2, 0) is 0 Å². The molecule has 1 aromatic heterocycles. The van der Waals surface area contributed by atoms with E-state index in [1.54, 1.807) is 12.1 Å². The van der Waals surface area contributed by atoms with Gasteiger partial charge in [0.15, 0.2) is 0 Å². The summed E-state index contributed by atoms with van der Waals surface area (Å²) in [5.74, 6) is 2.72. The number of allylic oxidation sites excluding steroid dienone is 1. The monoisotopic (exact) mass is 481 g/mol. The topological polar surface area (TPSA) is 70.6 Å². The van der Waals surface area contributed by atoms with E-state index >= 15 is 0 Å². The predicted octanol–water partition coefficient (Wildman–Crippen LogP) is 6.05. The van der Waals surface area contributed by atoms with E-state index in [0.29, 0.717) is 6.61 Å². The van der Waals surface area contributed by atoms with Gasteiger partial charge in [0.25, 0.3) is 0 Å². The highest BCUT2D eigenvalue weighted by atomic mass is 16.5. The molecule has 1 atom stereocenters. The van der Waals surface area contributed by atoms with Crippen LogP contribution in [0.25, 0.3) is 22.0 Å². The van der Waals surface area contributed by atoms with Crippen molar-refractivity contribution in [2.45, 2.75) is 26.4 Å². The summed E-state index contributed by atoms with van der Waals surface area (Å²) in [7, 11) is 0. The molecule has 2 aliphatic rings. The highest BCUT2D eigenvalue weighted by molar-refractivity contribution is 5.97. The number of aromatic amines is 1. The molecule has 1 unspecified atom stereocenters. The van der Waals surface area contributed by atoms with Crippen LogP contribution in [-0.4, -0.2) is 46.4 Å². The van der Waals surface area contributed by atoms with Crippen molar-refractivity contribution in [3.63, 3.8) is 0 Å². The number of hydrogen-bond donors (Lipinski definition) is 2. The summed E-state index contributed by atoms with van der Waals surface area (Å²) in [6.45, 7) is 8.40. The lowest BCUT2D eigenvalue weighted by molar-refractivity contribution is 0.0806. The van der Waals surface area contributed by atoms with E-state index in [1.165, 1.54) is 19.5 Å². The molecule has 0 bridgehead atoms. The van der Waals surface area contributed by atoms with Gasteiger partial charge in [0.1, 0.15) is 30.0 Å². The molecular formula is C30H31N3O3. The molecule has 4 aromatic rings. The van der Waals surface area contributed by atoms with E-state index in [0.717, 1.165) is 62.7 Å². The van der Waals surface area contributed by atoms with Crippen molar-refractivity contribution in [3.8, 4) is 17.2 Å². The van der Waals surface area contributed by atoms with Gasteiger partial charge in [-0.3, -0.25) is 10.00 Å². The van der Waals surface area contributed by atoms with E-state index in [4.69, 9.17) is 9.47 Å². The molecule has 2 aliphatic heterocycles. The van der Waals surface area contributed by atoms with Crippen molar-refractivity contribution in [2.75, 3.05) is 26.2 Å². The fourth-order valence-electron chi connectivity index (χ4n) is 5.30. The number of rotatable bonds is 7. The first-order valence-electron chi connectivity index (χ1n) is 12.7. The second kappa shape index (κ2) is 9.36. The van der Waals surface area contributed by atoms with Crippen molar-refractivity contribution >= 4 is 22.0 Å². The van der Waals surface area contributed by atoms with E-state index in [9.17, 15) is 5.11 Å². The predicted molar refractivity (Wildman–Crippen MR) is 142 cm³/mol. The Morgan fingerprint density at radius 1 is 1.08 bits per heavy atom. The number of benzene rings is 3.